The molecule has 7 nitrogen and oxygen atoms in total. The van der Waals surface area contributed by atoms with E-state index in [2.05, 4.69) is 10.6 Å². The normalized spacial score (nSPS) is 16.7. The first kappa shape index (κ1) is 21.1. The first-order valence-electron chi connectivity index (χ1n) is 8.59. The van der Waals surface area contributed by atoms with Crippen molar-refractivity contribution >= 4 is 46.7 Å². The molecule has 2 amide bonds. The molecule has 27 heavy (non-hydrogen) atoms. The summed E-state index contributed by atoms with van der Waals surface area (Å²) < 4.78 is 5.16. The van der Waals surface area contributed by atoms with Gasteiger partial charge in [0.1, 0.15) is 6.04 Å². The zero-order chi connectivity index (χ0) is 20.0. The van der Waals surface area contributed by atoms with E-state index >= 15 is 0 Å². The molecule has 1 aromatic rings. The smallest absolute Gasteiger partial charge is 0.308 e. The Morgan fingerprint density at radius 2 is 2.11 bits per heavy atom. The number of esters is 1. The van der Waals surface area contributed by atoms with E-state index in [4.69, 9.17) is 28.6 Å². The van der Waals surface area contributed by atoms with Crippen molar-refractivity contribution in [1.29, 1.82) is 0 Å². The maximum atomic E-state index is 12.4. The Morgan fingerprint density at radius 3 is 2.78 bits per heavy atom. The van der Waals surface area contributed by atoms with Crippen LogP contribution < -0.4 is 10.6 Å². The number of carbonyl (C=O) groups is 3. The highest BCUT2D eigenvalue weighted by atomic mass is 35.5. The van der Waals surface area contributed by atoms with Gasteiger partial charge in [-0.05, 0) is 30.3 Å². The number of amides is 2. The average Bonchev–Trinajstić information content (AvgIpc) is 2.61. The predicted molar refractivity (Wildman–Crippen MR) is 105 cm³/mol. The molecule has 1 heterocycles. The fourth-order valence-corrected chi connectivity index (χ4v) is 3.05. The van der Waals surface area contributed by atoms with Gasteiger partial charge in [-0.25, -0.2) is 0 Å². The Kier molecular flexibility index (Phi) is 7.55. The largest absolute Gasteiger partial charge is 0.465 e. The van der Waals surface area contributed by atoms with Crippen molar-refractivity contribution in [3.8, 4) is 0 Å². The van der Waals surface area contributed by atoms with E-state index in [1.54, 1.807) is 24.3 Å². The number of hydrogen-bond donors (Lipinski definition) is 2. The third-order valence-electron chi connectivity index (χ3n) is 3.87. The highest BCUT2D eigenvalue weighted by Crippen LogP contribution is 2.16. The number of thiocarbonyl (C=S) groups is 1. The molecular formula is C18H22ClN3O4S. The molecule has 0 radical (unpaired) electrons. The third kappa shape index (κ3) is 5.90. The lowest BCUT2D eigenvalue weighted by molar-refractivity contribution is -0.148. The number of halogens is 1. The molecule has 1 aliphatic rings. The molecule has 2 N–H and O–H groups in total. The molecule has 1 unspecified atom stereocenters. The molecule has 9 heteroatoms. The van der Waals surface area contributed by atoms with Gasteiger partial charge in [-0.2, -0.15) is 0 Å². The monoisotopic (exact) mass is 411 g/mol. The Morgan fingerprint density at radius 1 is 1.41 bits per heavy atom. The summed E-state index contributed by atoms with van der Waals surface area (Å²) >= 11 is 11.3. The van der Waals surface area contributed by atoms with Crippen molar-refractivity contribution < 1.29 is 19.1 Å². The first-order valence-corrected chi connectivity index (χ1v) is 9.38. The van der Waals surface area contributed by atoms with E-state index in [1.165, 1.54) is 4.90 Å². The molecular weight excluding hydrogens is 390 g/mol. The molecule has 1 fully saturated rings. The van der Waals surface area contributed by atoms with Gasteiger partial charge in [0.05, 0.1) is 23.6 Å². The van der Waals surface area contributed by atoms with Crippen LogP contribution in [0.1, 0.15) is 30.6 Å². The summed E-state index contributed by atoms with van der Waals surface area (Å²) in [5, 5.41) is 5.64. The number of ether oxygens (including phenoxy) is 1. The predicted octanol–water partition coefficient (Wildman–Crippen LogP) is 1.74. The van der Waals surface area contributed by atoms with Gasteiger partial charge in [-0.1, -0.05) is 37.6 Å². The summed E-state index contributed by atoms with van der Waals surface area (Å²) in [5.74, 6) is -1.10. The van der Waals surface area contributed by atoms with E-state index in [-0.39, 0.29) is 35.5 Å². The zero-order valence-corrected chi connectivity index (χ0v) is 16.7. The van der Waals surface area contributed by atoms with Gasteiger partial charge < -0.3 is 15.0 Å². The van der Waals surface area contributed by atoms with Crippen LogP contribution in [0.15, 0.2) is 24.3 Å². The van der Waals surface area contributed by atoms with E-state index in [1.807, 2.05) is 13.8 Å². The minimum Gasteiger partial charge on any atom is -0.465 e. The Labute approximate surface area is 168 Å². The van der Waals surface area contributed by atoms with Gasteiger partial charge in [0.25, 0.3) is 5.91 Å². The van der Waals surface area contributed by atoms with Crippen molar-refractivity contribution in [2.45, 2.75) is 26.3 Å². The minimum atomic E-state index is -0.836. The van der Waals surface area contributed by atoms with Crippen molar-refractivity contribution in [2.24, 2.45) is 5.92 Å². The van der Waals surface area contributed by atoms with E-state index < -0.39 is 17.9 Å². The summed E-state index contributed by atoms with van der Waals surface area (Å²) in [6.45, 7) is 4.85. The number of nitrogens with zero attached hydrogens (tertiary/aromatic N) is 1. The standard InChI is InChI=1S/C18H22ClN3O4S/c1-11(2)10-26-15(23)9-14-17(25)20-7-8-22(14)18(27)21-16(24)12-5-3-4-6-13(12)19/h3-6,11,14H,7-10H2,1-2H3,(H,20,25)(H,21,24,27). The topological polar surface area (TPSA) is 87.7 Å². The second kappa shape index (κ2) is 9.66. The molecule has 146 valence electrons. The van der Waals surface area contributed by atoms with Crippen LogP contribution in [0.25, 0.3) is 0 Å². The fraction of sp³-hybridized carbons (Fsp3) is 0.444. The van der Waals surface area contributed by atoms with Crippen LogP contribution in [0.5, 0.6) is 0 Å². The van der Waals surface area contributed by atoms with Crippen LogP contribution in [-0.4, -0.2) is 53.5 Å². The van der Waals surface area contributed by atoms with Gasteiger partial charge in [-0.15, -0.1) is 0 Å². The molecule has 0 aromatic heterocycles. The molecule has 1 saturated heterocycles. The minimum absolute atomic E-state index is 0.0661. The lowest BCUT2D eigenvalue weighted by atomic mass is 10.1. The van der Waals surface area contributed by atoms with Crippen molar-refractivity contribution in [3.63, 3.8) is 0 Å². The third-order valence-corrected chi connectivity index (χ3v) is 4.53. The zero-order valence-electron chi connectivity index (χ0n) is 15.2. The number of benzene rings is 1. The van der Waals surface area contributed by atoms with Crippen LogP contribution >= 0.6 is 23.8 Å². The molecule has 1 aromatic carbocycles. The van der Waals surface area contributed by atoms with Gasteiger partial charge >= 0.3 is 5.97 Å². The summed E-state index contributed by atoms with van der Waals surface area (Å²) in [6, 6.07) is 5.74. The number of carbonyl (C=O) groups excluding carboxylic acids is 3. The Hall–Kier alpha value is -2.19. The molecule has 0 aliphatic carbocycles. The molecule has 0 spiro atoms. The first-order chi connectivity index (χ1) is 12.8. The van der Waals surface area contributed by atoms with Crippen molar-refractivity contribution in [2.75, 3.05) is 19.7 Å². The van der Waals surface area contributed by atoms with Gasteiger partial charge in [0.2, 0.25) is 5.91 Å². The fourth-order valence-electron chi connectivity index (χ4n) is 2.52. The molecule has 0 saturated carbocycles. The lowest BCUT2D eigenvalue weighted by Gasteiger charge is -2.36. The maximum Gasteiger partial charge on any atom is 0.308 e. The summed E-state index contributed by atoms with van der Waals surface area (Å²) in [4.78, 5) is 38.2. The van der Waals surface area contributed by atoms with Crippen molar-refractivity contribution in [3.05, 3.63) is 34.9 Å². The van der Waals surface area contributed by atoms with Gasteiger partial charge in [0.15, 0.2) is 5.11 Å². The Balaban J connectivity index is 2.05. The van der Waals surface area contributed by atoms with Gasteiger partial charge in [0, 0.05) is 13.1 Å². The molecule has 0 bridgehead atoms. The Bertz CT molecular complexity index is 741. The highest BCUT2D eigenvalue weighted by Gasteiger charge is 2.34. The number of nitrogens with one attached hydrogen (secondary N) is 2. The number of rotatable bonds is 5. The highest BCUT2D eigenvalue weighted by molar-refractivity contribution is 7.80. The summed E-state index contributed by atoms with van der Waals surface area (Å²) in [7, 11) is 0. The van der Waals surface area contributed by atoms with Crippen molar-refractivity contribution in [1.82, 2.24) is 15.5 Å². The van der Waals surface area contributed by atoms with Crippen LogP contribution in [0.2, 0.25) is 5.02 Å². The molecule has 1 aliphatic heterocycles. The molecule has 1 atom stereocenters. The van der Waals surface area contributed by atoms with E-state index in [0.29, 0.717) is 18.1 Å². The average molecular weight is 412 g/mol. The van der Waals surface area contributed by atoms with Crippen LogP contribution in [-0.2, 0) is 14.3 Å². The van der Waals surface area contributed by atoms with Crippen LogP contribution in [0, 0.1) is 5.92 Å². The summed E-state index contributed by atoms with van der Waals surface area (Å²) in [5.41, 5.74) is 0.274. The number of hydrogen-bond acceptors (Lipinski definition) is 5. The molecule has 2 rings (SSSR count). The van der Waals surface area contributed by atoms with Crippen LogP contribution in [0.3, 0.4) is 0 Å². The second-order valence-corrected chi connectivity index (χ2v) is 7.31. The summed E-state index contributed by atoms with van der Waals surface area (Å²) in [6.07, 6.45) is -0.152. The van der Waals surface area contributed by atoms with E-state index in [9.17, 15) is 14.4 Å². The van der Waals surface area contributed by atoms with Crippen LogP contribution in [0.4, 0.5) is 0 Å². The second-order valence-electron chi connectivity index (χ2n) is 6.52. The van der Waals surface area contributed by atoms with Gasteiger partial charge in [-0.3, -0.25) is 19.7 Å². The van der Waals surface area contributed by atoms with E-state index in [0.717, 1.165) is 0 Å². The lowest BCUT2D eigenvalue weighted by Crippen LogP contribution is -2.60. The SMILES string of the molecule is CC(C)COC(=O)CC1C(=O)NCCN1C(=S)NC(=O)c1ccccc1Cl. The maximum absolute atomic E-state index is 12.4. The quantitative estimate of drug-likeness (QED) is 0.567. The number of piperazine rings is 1.